The molecule has 0 saturated carbocycles. The molecule has 1 aromatic rings. The van der Waals surface area contributed by atoms with Gasteiger partial charge in [-0.3, -0.25) is 4.98 Å². The van der Waals surface area contributed by atoms with E-state index in [1.54, 1.807) is 18.5 Å². The molecule has 0 unspecified atom stereocenters. The van der Waals surface area contributed by atoms with E-state index in [1.165, 1.54) is 0 Å². The quantitative estimate of drug-likeness (QED) is 0.602. The van der Waals surface area contributed by atoms with Gasteiger partial charge in [-0.25, -0.2) is 0 Å². The fourth-order valence-corrected chi connectivity index (χ4v) is 0.901. The summed E-state index contributed by atoms with van der Waals surface area (Å²) in [7, 11) is 0. The first-order valence-electron chi connectivity index (χ1n) is 3.42. The Bertz CT molecular complexity index is 284. The van der Waals surface area contributed by atoms with Gasteiger partial charge in [-0.1, -0.05) is 5.92 Å². The molecule has 0 saturated heterocycles. The Labute approximate surface area is 66.4 Å². The molecule has 0 bridgehead atoms. The minimum Gasteiger partial charge on any atom is -0.324 e. The molecule has 2 nitrogen and oxygen atoms in total. The van der Waals surface area contributed by atoms with E-state index in [-0.39, 0.29) is 6.04 Å². The van der Waals surface area contributed by atoms with Gasteiger partial charge < -0.3 is 5.73 Å². The smallest absolute Gasteiger partial charge is 0.0328 e. The van der Waals surface area contributed by atoms with Gasteiger partial charge in [0, 0.05) is 29.6 Å². The van der Waals surface area contributed by atoms with Crippen LogP contribution in [0.1, 0.15) is 24.1 Å². The third-order valence-corrected chi connectivity index (χ3v) is 1.50. The summed E-state index contributed by atoms with van der Waals surface area (Å²) in [5.41, 5.74) is 7.41. The van der Waals surface area contributed by atoms with Crippen LogP contribution in [0.2, 0.25) is 0 Å². The SMILES string of the molecule is C#Cc1ccncc1[C@@H](C)N. The molecule has 2 N–H and O–H groups in total. The highest BCUT2D eigenvalue weighted by atomic mass is 14.7. The molecule has 0 amide bonds. The van der Waals surface area contributed by atoms with Crippen LogP contribution in [0.25, 0.3) is 0 Å². The van der Waals surface area contributed by atoms with Crippen molar-refractivity contribution in [2.24, 2.45) is 5.73 Å². The lowest BCUT2D eigenvalue weighted by atomic mass is 10.1. The van der Waals surface area contributed by atoms with Crippen LogP contribution in [-0.2, 0) is 0 Å². The number of pyridine rings is 1. The van der Waals surface area contributed by atoms with E-state index >= 15 is 0 Å². The van der Waals surface area contributed by atoms with Crippen LogP contribution in [0.15, 0.2) is 18.5 Å². The van der Waals surface area contributed by atoms with Crippen molar-refractivity contribution in [2.75, 3.05) is 0 Å². The molecule has 0 spiro atoms. The van der Waals surface area contributed by atoms with Crippen LogP contribution < -0.4 is 5.73 Å². The Kier molecular flexibility index (Phi) is 2.25. The first kappa shape index (κ1) is 7.77. The lowest BCUT2D eigenvalue weighted by Crippen LogP contribution is -2.07. The van der Waals surface area contributed by atoms with Crippen molar-refractivity contribution in [3.05, 3.63) is 29.6 Å². The second-order valence-corrected chi connectivity index (χ2v) is 2.40. The predicted octanol–water partition coefficient (Wildman–Crippen LogP) is 1.08. The fourth-order valence-electron chi connectivity index (χ4n) is 0.901. The average molecular weight is 146 g/mol. The van der Waals surface area contributed by atoms with Gasteiger partial charge in [-0.15, -0.1) is 6.42 Å². The zero-order valence-electron chi connectivity index (χ0n) is 6.41. The van der Waals surface area contributed by atoms with Crippen LogP contribution in [0.5, 0.6) is 0 Å². The fraction of sp³-hybridized carbons (Fsp3) is 0.222. The van der Waals surface area contributed by atoms with Gasteiger partial charge in [0.15, 0.2) is 0 Å². The molecular weight excluding hydrogens is 136 g/mol. The minimum absolute atomic E-state index is 0.0465. The summed E-state index contributed by atoms with van der Waals surface area (Å²) in [6, 6.07) is 1.74. The topological polar surface area (TPSA) is 38.9 Å². The van der Waals surface area contributed by atoms with Crippen LogP contribution >= 0.6 is 0 Å². The molecule has 0 aliphatic carbocycles. The molecule has 11 heavy (non-hydrogen) atoms. The van der Waals surface area contributed by atoms with E-state index in [0.29, 0.717) is 0 Å². The van der Waals surface area contributed by atoms with E-state index in [0.717, 1.165) is 11.1 Å². The van der Waals surface area contributed by atoms with Crippen molar-refractivity contribution >= 4 is 0 Å². The Morgan fingerprint density at radius 3 is 2.91 bits per heavy atom. The maximum Gasteiger partial charge on any atom is 0.0328 e. The zero-order chi connectivity index (χ0) is 8.27. The maximum atomic E-state index is 5.65. The minimum atomic E-state index is -0.0465. The van der Waals surface area contributed by atoms with E-state index in [2.05, 4.69) is 10.9 Å². The number of aromatic nitrogens is 1. The third kappa shape index (κ3) is 1.57. The number of hydrogen-bond acceptors (Lipinski definition) is 2. The molecule has 56 valence electrons. The van der Waals surface area contributed by atoms with Gasteiger partial charge >= 0.3 is 0 Å². The second kappa shape index (κ2) is 3.18. The molecule has 1 atom stereocenters. The van der Waals surface area contributed by atoms with Crippen LogP contribution in [-0.4, -0.2) is 4.98 Å². The zero-order valence-corrected chi connectivity index (χ0v) is 6.41. The van der Waals surface area contributed by atoms with Crippen LogP contribution in [0.3, 0.4) is 0 Å². The first-order valence-corrected chi connectivity index (χ1v) is 3.42. The molecule has 1 heterocycles. The van der Waals surface area contributed by atoms with Crippen LogP contribution in [0, 0.1) is 12.3 Å². The average Bonchev–Trinajstić information content (AvgIpc) is 2.04. The molecule has 0 aliphatic rings. The Hall–Kier alpha value is -1.33. The summed E-state index contributed by atoms with van der Waals surface area (Å²) in [6.45, 7) is 1.89. The number of hydrogen-bond donors (Lipinski definition) is 1. The van der Waals surface area contributed by atoms with Crippen molar-refractivity contribution in [3.63, 3.8) is 0 Å². The Morgan fingerprint density at radius 1 is 1.73 bits per heavy atom. The normalized spacial score (nSPS) is 12.1. The standard InChI is InChI=1S/C9H10N2/c1-3-8-4-5-11-6-9(8)7(2)10/h1,4-7H,10H2,2H3/t7-/m1/s1. The Balaban J connectivity index is 3.15. The maximum absolute atomic E-state index is 5.65. The van der Waals surface area contributed by atoms with Crippen molar-refractivity contribution in [2.45, 2.75) is 13.0 Å². The number of terminal acetylenes is 1. The van der Waals surface area contributed by atoms with Gasteiger partial charge in [-0.2, -0.15) is 0 Å². The van der Waals surface area contributed by atoms with Gasteiger partial charge in [0.25, 0.3) is 0 Å². The van der Waals surface area contributed by atoms with E-state index in [9.17, 15) is 0 Å². The summed E-state index contributed by atoms with van der Waals surface area (Å²) in [5.74, 6) is 2.56. The summed E-state index contributed by atoms with van der Waals surface area (Å²) < 4.78 is 0. The number of rotatable bonds is 1. The van der Waals surface area contributed by atoms with Gasteiger partial charge in [-0.05, 0) is 13.0 Å². The van der Waals surface area contributed by atoms with E-state index in [4.69, 9.17) is 12.2 Å². The number of nitrogens with zero attached hydrogens (tertiary/aromatic N) is 1. The summed E-state index contributed by atoms with van der Waals surface area (Å²) in [5, 5.41) is 0. The van der Waals surface area contributed by atoms with Crippen molar-refractivity contribution in [3.8, 4) is 12.3 Å². The van der Waals surface area contributed by atoms with Gasteiger partial charge in [0.05, 0.1) is 0 Å². The molecule has 0 aliphatic heterocycles. The highest BCUT2D eigenvalue weighted by Gasteiger charge is 2.02. The van der Waals surface area contributed by atoms with Crippen LogP contribution in [0.4, 0.5) is 0 Å². The van der Waals surface area contributed by atoms with Crippen molar-refractivity contribution in [1.82, 2.24) is 4.98 Å². The predicted molar refractivity (Wildman–Crippen MR) is 44.8 cm³/mol. The molecule has 1 rings (SSSR count). The molecule has 0 radical (unpaired) electrons. The van der Waals surface area contributed by atoms with Gasteiger partial charge in [0.2, 0.25) is 0 Å². The third-order valence-electron chi connectivity index (χ3n) is 1.50. The van der Waals surface area contributed by atoms with E-state index < -0.39 is 0 Å². The second-order valence-electron chi connectivity index (χ2n) is 2.40. The summed E-state index contributed by atoms with van der Waals surface area (Å²) in [6.07, 6.45) is 8.63. The molecular formula is C9H10N2. The lowest BCUT2D eigenvalue weighted by Gasteiger charge is -2.06. The largest absolute Gasteiger partial charge is 0.324 e. The highest BCUT2D eigenvalue weighted by molar-refractivity contribution is 5.38. The molecule has 2 heteroatoms. The molecule has 0 fully saturated rings. The summed E-state index contributed by atoms with van der Waals surface area (Å²) >= 11 is 0. The van der Waals surface area contributed by atoms with Gasteiger partial charge in [0.1, 0.15) is 0 Å². The molecule has 0 aromatic carbocycles. The Morgan fingerprint density at radius 2 is 2.45 bits per heavy atom. The summed E-state index contributed by atoms with van der Waals surface area (Å²) in [4.78, 5) is 3.94. The monoisotopic (exact) mass is 146 g/mol. The number of nitrogens with two attached hydrogens (primary N) is 1. The highest BCUT2D eigenvalue weighted by Crippen LogP contribution is 2.12. The lowest BCUT2D eigenvalue weighted by molar-refractivity contribution is 0.808. The van der Waals surface area contributed by atoms with E-state index in [1.807, 2.05) is 6.92 Å². The first-order chi connectivity index (χ1) is 5.25. The van der Waals surface area contributed by atoms with Crippen molar-refractivity contribution in [1.29, 1.82) is 0 Å². The molecule has 1 aromatic heterocycles. The van der Waals surface area contributed by atoms with Crippen molar-refractivity contribution < 1.29 is 0 Å².